The van der Waals surface area contributed by atoms with Crippen molar-refractivity contribution in [3.8, 4) is 6.07 Å². The second-order valence-corrected chi connectivity index (χ2v) is 4.64. The highest BCUT2D eigenvalue weighted by Crippen LogP contribution is 2.19. The largest absolute Gasteiger partial charge is 0.398 e. The van der Waals surface area contributed by atoms with E-state index in [9.17, 15) is 0 Å². The summed E-state index contributed by atoms with van der Waals surface area (Å²) in [6.07, 6.45) is 0. The van der Waals surface area contributed by atoms with Crippen LogP contribution in [0.4, 0.5) is 5.69 Å². The van der Waals surface area contributed by atoms with E-state index in [2.05, 4.69) is 17.9 Å². The van der Waals surface area contributed by atoms with Gasteiger partial charge in [-0.15, -0.1) is 0 Å². The molecule has 0 spiro atoms. The SMILES string of the molecule is CCN(Cc1ccc(Cl)cc1N)CC(C)C#N. The Morgan fingerprint density at radius 3 is 2.76 bits per heavy atom. The van der Waals surface area contributed by atoms with Crippen LogP contribution < -0.4 is 5.73 Å². The second-order valence-electron chi connectivity index (χ2n) is 4.20. The summed E-state index contributed by atoms with van der Waals surface area (Å²) in [4.78, 5) is 2.20. The molecule has 0 bridgehead atoms. The van der Waals surface area contributed by atoms with Crippen LogP contribution in [0.2, 0.25) is 5.02 Å². The fourth-order valence-electron chi connectivity index (χ4n) is 1.68. The molecule has 3 nitrogen and oxygen atoms in total. The summed E-state index contributed by atoms with van der Waals surface area (Å²) >= 11 is 5.86. The maximum Gasteiger partial charge on any atom is 0.0666 e. The van der Waals surface area contributed by atoms with Gasteiger partial charge in [0.05, 0.1) is 12.0 Å². The maximum absolute atomic E-state index is 8.82. The molecule has 0 saturated heterocycles. The Bertz CT molecular complexity index is 412. The second kappa shape index (κ2) is 6.48. The monoisotopic (exact) mass is 251 g/mol. The third-order valence-electron chi connectivity index (χ3n) is 2.70. The van der Waals surface area contributed by atoms with Gasteiger partial charge in [-0.2, -0.15) is 5.26 Å². The Balaban J connectivity index is 2.71. The minimum atomic E-state index is 0.0310. The summed E-state index contributed by atoms with van der Waals surface area (Å²) in [5.41, 5.74) is 7.68. The molecule has 17 heavy (non-hydrogen) atoms. The Labute approximate surface area is 108 Å². The van der Waals surface area contributed by atoms with Gasteiger partial charge in [0.15, 0.2) is 0 Å². The Hall–Kier alpha value is -1.24. The summed E-state index contributed by atoms with van der Waals surface area (Å²) in [6.45, 7) is 6.42. The van der Waals surface area contributed by atoms with Crippen molar-refractivity contribution in [1.29, 1.82) is 5.26 Å². The molecule has 0 aliphatic rings. The van der Waals surface area contributed by atoms with E-state index in [4.69, 9.17) is 22.6 Å². The number of halogens is 1. The molecule has 0 aliphatic heterocycles. The highest BCUT2D eigenvalue weighted by Gasteiger charge is 2.10. The molecule has 1 aromatic rings. The maximum atomic E-state index is 8.82. The number of hydrogen-bond donors (Lipinski definition) is 1. The minimum Gasteiger partial charge on any atom is -0.398 e. The lowest BCUT2D eigenvalue weighted by Crippen LogP contribution is -2.27. The minimum absolute atomic E-state index is 0.0310. The van der Waals surface area contributed by atoms with Gasteiger partial charge < -0.3 is 5.73 Å². The average Bonchev–Trinajstić information content (AvgIpc) is 2.31. The van der Waals surface area contributed by atoms with Gasteiger partial charge in [0, 0.05) is 23.8 Å². The lowest BCUT2D eigenvalue weighted by atomic mass is 10.1. The Morgan fingerprint density at radius 1 is 1.53 bits per heavy atom. The van der Waals surface area contributed by atoms with E-state index in [0.717, 1.165) is 25.2 Å². The zero-order valence-corrected chi connectivity index (χ0v) is 11.0. The highest BCUT2D eigenvalue weighted by atomic mass is 35.5. The first-order valence-corrected chi connectivity index (χ1v) is 6.10. The van der Waals surface area contributed by atoms with Crippen LogP contribution in [0.15, 0.2) is 18.2 Å². The molecule has 0 heterocycles. The highest BCUT2D eigenvalue weighted by molar-refractivity contribution is 6.30. The topological polar surface area (TPSA) is 53.0 Å². The number of nitrogens with zero attached hydrogens (tertiary/aromatic N) is 2. The van der Waals surface area contributed by atoms with E-state index in [1.165, 1.54) is 0 Å². The zero-order valence-electron chi connectivity index (χ0n) is 10.3. The van der Waals surface area contributed by atoms with Gasteiger partial charge in [0.1, 0.15) is 0 Å². The molecule has 92 valence electrons. The van der Waals surface area contributed by atoms with Crippen molar-refractivity contribution in [2.75, 3.05) is 18.8 Å². The number of nitrogens with two attached hydrogens (primary N) is 1. The molecule has 1 rings (SSSR count). The summed E-state index contributed by atoms with van der Waals surface area (Å²) in [5, 5.41) is 9.47. The number of rotatable bonds is 5. The molecule has 0 aromatic heterocycles. The lowest BCUT2D eigenvalue weighted by molar-refractivity contribution is 0.261. The van der Waals surface area contributed by atoms with Crippen LogP contribution in [0.3, 0.4) is 0 Å². The Kier molecular flexibility index (Phi) is 5.27. The summed E-state index contributed by atoms with van der Waals surface area (Å²) in [7, 11) is 0. The molecule has 0 radical (unpaired) electrons. The lowest BCUT2D eigenvalue weighted by Gasteiger charge is -2.22. The van der Waals surface area contributed by atoms with Crippen molar-refractivity contribution >= 4 is 17.3 Å². The van der Waals surface area contributed by atoms with Crippen molar-refractivity contribution in [3.05, 3.63) is 28.8 Å². The molecule has 0 aliphatic carbocycles. The first kappa shape index (κ1) is 13.8. The molecular weight excluding hydrogens is 234 g/mol. The predicted molar refractivity (Wildman–Crippen MR) is 71.6 cm³/mol. The molecule has 2 N–H and O–H groups in total. The van der Waals surface area contributed by atoms with Gasteiger partial charge in [0.2, 0.25) is 0 Å². The molecule has 0 amide bonds. The summed E-state index contributed by atoms with van der Waals surface area (Å²) in [6, 6.07) is 7.79. The van der Waals surface area contributed by atoms with Crippen molar-refractivity contribution in [1.82, 2.24) is 4.90 Å². The quantitative estimate of drug-likeness (QED) is 0.819. The first-order chi connectivity index (χ1) is 8.06. The van der Waals surface area contributed by atoms with Crippen LogP contribution in [0.25, 0.3) is 0 Å². The first-order valence-electron chi connectivity index (χ1n) is 5.72. The molecule has 0 fully saturated rings. The number of hydrogen-bond acceptors (Lipinski definition) is 3. The molecule has 1 atom stereocenters. The van der Waals surface area contributed by atoms with Gasteiger partial charge in [-0.3, -0.25) is 4.90 Å². The van der Waals surface area contributed by atoms with E-state index in [0.29, 0.717) is 10.7 Å². The van der Waals surface area contributed by atoms with E-state index in [1.54, 1.807) is 6.07 Å². The van der Waals surface area contributed by atoms with Crippen LogP contribution in [-0.4, -0.2) is 18.0 Å². The fourth-order valence-corrected chi connectivity index (χ4v) is 1.86. The molecule has 1 aromatic carbocycles. The van der Waals surface area contributed by atoms with E-state index in [-0.39, 0.29) is 5.92 Å². The van der Waals surface area contributed by atoms with Gasteiger partial charge >= 0.3 is 0 Å². The number of anilines is 1. The van der Waals surface area contributed by atoms with Crippen LogP contribution in [0.1, 0.15) is 19.4 Å². The fraction of sp³-hybridized carbons (Fsp3) is 0.462. The van der Waals surface area contributed by atoms with Crippen molar-refractivity contribution in [2.24, 2.45) is 5.92 Å². The van der Waals surface area contributed by atoms with Crippen molar-refractivity contribution < 1.29 is 0 Å². The summed E-state index contributed by atoms with van der Waals surface area (Å²) in [5.74, 6) is 0.0310. The van der Waals surface area contributed by atoms with E-state index in [1.807, 2.05) is 19.1 Å². The van der Waals surface area contributed by atoms with Crippen LogP contribution in [-0.2, 0) is 6.54 Å². The van der Waals surface area contributed by atoms with Gasteiger partial charge in [-0.1, -0.05) is 24.6 Å². The van der Waals surface area contributed by atoms with E-state index >= 15 is 0 Å². The zero-order chi connectivity index (χ0) is 12.8. The number of nitrogen functional groups attached to an aromatic ring is 1. The number of nitriles is 1. The number of benzene rings is 1. The molecule has 0 saturated carbocycles. The van der Waals surface area contributed by atoms with E-state index < -0.39 is 0 Å². The van der Waals surface area contributed by atoms with Crippen molar-refractivity contribution in [3.63, 3.8) is 0 Å². The molecular formula is C13H18ClN3. The smallest absolute Gasteiger partial charge is 0.0666 e. The van der Waals surface area contributed by atoms with Gasteiger partial charge in [0.25, 0.3) is 0 Å². The van der Waals surface area contributed by atoms with Gasteiger partial charge in [-0.25, -0.2) is 0 Å². The van der Waals surface area contributed by atoms with Crippen molar-refractivity contribution in [2.45, 2.75) is 20.4 Å². The normalized spacial score (nSPS) is 12.4. The van der Waals surface area contributed by atoms with Crippen LogP contribution in [0, 0.1) is 17.2 Å². The predicted octanol–water partition coefficient (Wildman–Crippen LogP) is 2.90. The third kappa shape index (κ3) is 4.26. The van der Waals surface area contributed by atoms with Gasteiger partial charge in [-0.05, 0) is 31.2 Å². The standard InChI is InChI=1S/C13H18ClN3/c1-3-17(8-10(2)7-15)9-11-4-5-12(14)6-13(11)16/h4-6,10H,3,8-9,16H2,1-2H3. The Morgan fingerprint density at radius 2 is 2.24 bits per heavy atom. The van der Waals surface area contributed by atoms with Crippen LogP contribution in [0.5, 0.6) is 0 Å². The average molecular weight is 252 g/mol. The third-order valence-corrected chi connectivity index (χ3v) is 2.94. The molecule has 1 unspecified atom stereocenters. The van der Waals surface area contributed by atoms with Crippen LogP contribution >= 0.6 is 11.6 Å². The molecule has 4 heteroatoms. The summed E-state index contributed by atoms with van der Waals surface area (Å²) < 4.78 is 0.